The van der Waals surface area contributed by atoms with Crippen molar-refractivity contribution < 1.29 is 24.0 Å². The van der Waals surface area contributed by atoms with Crippen molar-refractivity contribution in [1.29, 1.82) is 0 Å². The number of nitro benzene ring substituents is 1. The number of imide groups is 1. The summed E-state index contributed by atoms with van der Waals surface area (Å²) in [5.74, 6) is 0.447. The van der Waals surface area contributed by atoms with Crippen LogP contribution in [0.1, 0.15) is 11.1 Å². The standard InChI is InChI=1S/C18H11ClN2O6S/c19-12-7-15-14(26-9-27-15)5-11(12)8-20-17(22)16(28-18(20)23)6-10-3-1-2-4-13(10)21(24)25/h1-7H,8-9H2/b16-6-. The van der Waals surface area contributed by atoms with Gasteiger partial charge in [-0.2, -0.15) is 0 Å². The highest BCUT2D eigenvalue weighted by molar-refractivity contribution is 8.18. The molecule has 0 spiro atoms. The maximum atomic E-state index is 12.7. The number of hydrogen-bond acceptors (Lipinski definition) is 7. The molecule has 4 rings (SSSR count). The summed E-state index contributed by atoms with van der Waals surface area (Å²) in [6.07, 6.45) is 1.35. The highest BCUT2D eigenvalue weighted by Gasteiger charge is 2.36. The lowest BCUT2D eigenvalue weighted by molar-refractivity contribution is -0.385. The largest absolute Gasteiger partial charge is 0.454 e. The summed E-state index contributed by atoms with van der Waals surface area (Å²) >= 11 is 6.95. The lowest BCUT2D eigenvalue weighted by Crippen LogP contribution is -2.27. The second-order valence-electron chi connectivity index (χ2n) is 5.88. The summed E-state index contributed by atoms with van der Waals surface area (Å²) < 4.78 is 10.5. The zero-order valence-corrected chi connectivity index (χ0v) is 15.7. The maximum absolute atomic E-state index is 12.7. The molecule has 0 aromatic heterocycles. The lowest BCUT2D eigenvalue weighted by Gasteiger charge is -2.14. The summed E-state index contributed by atoms with van der Waals surface area (Å²) in [4.78, 5) is 36.8. The van der Waals surface area contributed by atoms with E-state index < -0.39 is 16.1 Å². The number of amides is 2. The average Bonchev–Trinajstić information content (AvgIpc) is 3.21. The van der Waals surface area contributed by atoms with Gasteiger partial charge in [-0.05, 0) is 35.5 Å². The summed E-state index contributed by atoms with van der Waals surface area (Å²) in [7, 11) is 0. The number of para-hydroxylation sites is 1. The number of nitrogens with zero attached hydrogens (tertiary/aromatic N) is 2. The number of thioether (sulfide) groups is 1. The minimum absolute atomic E-state index is 0.0473. The summed E-state index contributed by atoms with van der Waals surface area (Å²) in [5.41, 5.74) is 0.632. The number of ether oxygens (including phenoxy) is 2. The van der Waals surface area contributed by atoms with Gasteiger partial charge < -0.3 is 9.47 Å². The Hall–Kier alpha value is -3.04. The van der Waals surface area contributed by atoms with Gasteiger partial charge in [0.15, 0.2) is 11.5 Å². The van der Waals surface area contributed by atoms with Crippen molar-refractivity contribution in [3.63, 3.8) is 0 Å². The molecule has 2 aliphatic heterocycles. The molecule has 2 amide bonds. The van der Waals surface area contributed by atoms with E-state index in [1.807, 2.05) is 0 Å². The molecule has 142 valence electrons. The molecule has 0 atom stereocenters. The van der Waals surface area contributed by atoms with Crippen LogP contribution in [0.5, 0.6) is 11.5 Å². The van der Waals surface area contributed by atoms with E-state index in [9.17, 15) is 19.7 Å². The number of fused-ring (bicyclic) bond motifs is 1. The quantitative estimate of drug-likeness (QED) is 0.416. The Balaban J connectivity index is 1.61. The van der Waals surface area contributed by atoms with Gasteiger partial charge in [0.2, 0.25) is 6.79 Å². The molecule has 0 bridgehead atoms. The van der Waals surface area contributed by atoms with Gasteiger partial charge in [0.1, 0.15) is 0 Å². The smallest absolute Gasteiger partial charge is 0.293 e. The first-order chi connectivity index (χ1) is 13.4. The molecule has 1 saturated heterocycles. The van der Waals surface area contributed by atoms with Crippen LogP contribution in [0.4, 0.5) is 10.5 Å². The van der Waals surface area contributed by atoms with E-state index in [-0.39, 0.29) is 29.5 Å². The first-order valence-corrected chi connectivity index (χ1v) is 9.20. The Morgan fingerprint density at radius 2 is 1.93 bits per heavy atom. The molecule has 0 N–H and O–H groups in total. The number of rotatable bonds is 4. The van der Waals surface area contributed by atoms with Crippen LogP contribution in [0.2, 0.25) is 5.02 Å². The van der Waals surface area contributed by atoms with Crippen LogP contribution in [0.25, 0.3) is 6.08 Å². The highest BCUT2D eigenvalue weighted by atomic mass is 35.5. The fourth-order valence-electron chi connectivity index (χ4n) is 2.80. The van der Waals surface area contributed by atoms with Crippen molar-refractivity contribution in [1.82, 2.24) is 4.90 Å². The average molecular weight is 419 g/mol. The molecule has 8 nitrogen and oxygen atoms in total. The first-order valence-electron chi connectivity index (χ1n) is 8.01. The number of carbonyl (C=O) groups is 2. The topological polar surface area (TPSA) is 99.0 Å². The third kappa shape index (κ3) is 3.30. The van der Waals surface area contributed by atoms with Crippen molar-refractivity contribution >= 4 is 46.3 Å². The van der Waals surface area contributed by atoms with E-state index >= 15 is 0 Å². The number of carbonyl (C=O) groups excluding carboxylic acids is 2. The third-order valence-electron chi connectivity index (χ3n) is 4.16. The van der Waals surface area contributed by atoms with Crippen LogP contribution in [-0.2, 0) is 11.3 Å². The molecule has 0 aliphatic carbocycles. The summed E-state index contributed by atoms with van der Waals surface area (Å²) in [6, 6.07) is 9.20. The third-order valence-corrected chi connectivity index (χ3v) is 5.42. The van der Waals surface area contributed by atoms with E-state index in [4.69, 9.17) is 21.1 Å². The van der Waals surface area contributed by atoms with Crippen molar-refractivity contribution in [2.75, 3.05) is 6.79 Å². The van der Waals surface area contributed by atoms with E-state index in [1.54, 1.807) is 18.2 Å². The van der Waals surface area contributed by atoms with Crippen molar-refractivity contribution in [2.45, 2.75) is 6.54 Å². The Bertz CT molecular complexity index is 1050. The van der Waals surface area contributed by atoms with Crippen LogP contribution in [0.3, 0.4) is 0 Å². The van der Waals surface area contributed by atoms with E-state index in [2.05, 4.69) is 0 Å². The molecule has 0 saturated carbocycles. The van der Waals surface area contributed by atoms with Crippen molar-refractivity contribution in [2.24, 2.45) is 0 Å². The molecule has 0 unspecified atom stereocenters. The van der Waals surface area contributed by atoms with Crippen LogP contribution < -0.4 is 9.47 Å². The van der Waals surface area contributed by atoms with Crippen molar-refractivity contribution in [3.05, 3.63) is 67.6 Å². The second-order valence-corrected chi connectivity index (χ2v) is 7.28. The minimum Gasteiger partial charge on any atom is -0.454 e. The molecule has 2 aliphatic rings. The second kappa shape index (κ2) is 7.17. The molecular weight excluding hydrogens is 408 g/mol. The number of hydrogen-bond donors (Lipinski definition) is 0. The molecular formula is C18H11ClN2O6S. The number of halogens is 1. The van der Waals surface area contributed by atoms with Crippen LogP contribution >= 0.6 is 23.4 Å². The zero-order valence-electron chi connectivity index (χ0n) is 14.1. The van der Waals surface area contributed by atoms with Crippen LogP contribution in [-0.4, -0.2) is 27.8 Å². The van der Waals surface area contributed by atoms with E-state index in [0.717, 1.165) is 16.7 Å². The fourth-order valence-corrected chi connectivity index (χ4v) is 3.85. The molecule has 2 heterocycles. The van der Waals surface area contributed by atoms with Gasteiger partial charge in [0, 0.05) is 17.2 Å². The normalized spacial score (nSPS) is 16.9. The van der Waals surface area contributed by atoms with Gasteiger partial charge in [0.25, 0.3) is 16.8 Å². The maximum Gasteiger partial charge on any atom is 0.293 e. The zero-order chi connectivity index (χ0) is 19.8. The SMILES string of the molecule is O=C1S/C(=C\c2ccccc2[N+](=O)[O-])C(=O)N1Cc1cc2c(cc1Cl)OCO2. The molecule has 0 radical (unpaired) electrons. The Morgan fingerprint density at radius 3 is 2.68 bits per heavy atom. The Labute approximate surface area is 167 Å². The van der Waals surface area contributed by atoms with E-state index in [1.165, 1.54) is 24.3 Å². The predicted octanol–water partition coefficient (Wildman–Crippen LogP) is 4.21. The molecule has 2 aromatic rings. The minimum atomic E-state index is -0.540. The van der Waals surface area contributed by atoms with Gasteiger partial charge in [-0.3, -0.25) is 24.6 Å². The van der Waals surface area contributed by atoms with Gasteiger partial charge >= 0.3 is 0 Å². The van der Waals surface area contributed by atoms with Gasteiger partial charge in [0.05, 0.1) is 21.9 Å². The number of benzene rings is 2. The number of nitro groups is 1. The van der Waals surface area contributed by atoms with Gasteiger partial charge in [-0.25, -0.2) is 0 Å². The van der Waals surface area contributed by atoms with E-state index in [0.29, 0.717) is 22.1 Å². The summed E-state index contributed by atoms with van der Waals surface area (Å²) in [5, 5.41) is 11.0. The Morgan fingerprint density at radius 1 is 1.21 bits per heavy atom. The Kier molecular flexibility index (Phi) is 4.70. The monoisotopic (exact) mass is 418 g/mol. The van der Waals surface area contributed by atoms with Crippen LogP contribution in [0, 0.1) is 10.1 Å². The summed E-state index contributed by atoms with van der Waals surface area (Å²) in [6.45, 7) is 0.0314. The van der Waals surface area contributed by atoms with Gasteiger partial charge in [-0.15, -0.1) is 0 Å². The molecule has 2 aromatic carbocycles. The fraction of sp³-hybridized carbons (Fsp3) is 0.111. The molecule has 28 heavy (non-hydrogen) atoms. The van der Waals surface area contributed by atoms with Crippen LogP contribution in [0.15, 0.2) is 41.3 Å². The first kappa shape index (κ1) is 18.3. The predicted molar refractivity (Wildman–Crippen MR) is 102 cm³/mol. The molecule has 1 fully saturated rings. The van der Waals surface area contributed by atoms with Gasteiger partial charge in [-0.1, -0.05) is 23.7 Å². The molecule has 10 heteroatoms. The van der Waals surface area contributed by atoms with Crippen molar-refractivity contribution in [3.8, 4) is 11.5 Å². The lowest BCUT2D eigenvalue weighted by atomic mass is 10.1. The highest BCUT2D eigenvalue weighted by Crippen LogP contribution is 2.39.